The van der Waals surface area contributed by atoms with E-state index in [1.807, 2.05) is 11.4 Å². The van der Waals surface area contributed by atoms with Crippen LogP contribution >= 0.6 is 11.3 Å². The van der Waals surface area contributed by atoms with Gasteiger partial charge in [-0.05, 0) is 24.3 Å². The van der Waals surface area contributed by atoms with Crippen LogP contribution in [0, 0.1) is 17.3 Å². The molecule has 1 aromatic heterocycles. The van der Waals surface area contributed by atoms with E-state index in [9.17, 15) is 9.59 Å². The second-order valence-electron chi connectivity index (χ2n) is 5.67. The largest absolute Gasteiger partial charge is 0.384 e. The summed E-state index contributed by atoms with van der Waals surface area (Å²) in [7, 11) is 0. The van der Waals surface area contributed by atoms with Crippen molar-refractivity contribution in [3.8, 4) is 11.8 Å². The maximum atomic E-state index is 12.6. The maximum absolute atomic E-state index is 12.6. The Labute approximate surface area is 127 Å². The summed E-state index contributed by atoms with van der Waals surface area (Å²) in [6.07, 6.45) is 4.14. The van der Waals surface area contributed by atoms with Crippen molar-refractivity contribution in [2.24, 2.45) is 5.41 Å². The molecule has 2 fully saturated rings. The molecule has 2 amide bonds. The molecule has 1 saturated heterocycles. The number of carbonyl (C=O) groups is 2. The molecule has 3 rings (SSSR count). The predicted molar refractivity (Wildman–Crippen MR) is 79.4 cm³/mol. The van der Waals surface area contributed by atoms with Crippen molar-refractivity contribution >= 4 is 23.2 Å². The third-order valence-electron chi connectivity index (χ3n) is 4.40. The summed E-state index contributed by atoms with van der Waals surface area (Å²) in [6.45, 7) is 0.118. The molecule has 1 spiro atoms. The number of thiophene rings is 1. The lowest BCUT2D eigenvalue weighted by Crippen LogP contribution is -2.33. The van der Waals surface area contributed by atoms with E-state index in [0.717, 1.165) is 36.1 Å². The quantitative estimate of drug-likeness (QED) is 0.671. The van der Waals surface area contributed by atoms with Crippen LogP contribution in [0.4, 0.5) is 0 Å². The third-order valence-corrected chi connectivity index (χ3v) is 5.31. The number of likely N-dealkylation sites (tertiary alicyclic amines) is 1. The number of aliphatic hydroxyl groups is 1. The normalized spacial score (nSPS) is 20.1. The highest BCUT2D eigenvalue weighted by molar-refractivity contribution is 7.10. The fraction of sp³-hybridized carbons (Fsp3) is 0.500. The minimum absolute atomic E-state index is 0.000493. The van der Waals surface area contributed by atoms with Gasteiger partial charge in [0.05, 0.1) is 12.0 Å². The van der Waals surface area contributed by atoms with Crippen LogP contribution in [0.2, 0.25) is 0 Å². The van der Waals surface area contributed by atoms with Gasteiger partial charge in [-0.1, -0.05) is 24.7 Å². The van der Waals surface area contributed by atoms with E-state index in [0.29, 0.717) is 13.0 Å². The number of imide groups is 1. The van der Waals surface area contributed by atoms with Gasteiger partial charge in [0, 0.05) is 16.9 Å². The van der Waals surface area contributed by atoms with Crippen LogP contribution in [0.3, 0.4) is 0 Å². The third kappa shape index (κ3) is 2.50. The first kappa shape index (κ1) is 14.3. The lowest BCUT2D eigenvalue weighted by atomic mass is 9.84. The topological polar surface area (TPSA) is 57.6 Å². The summed E-state index contributed by atoms with van der Waals surface area (Å²) in [6, 6.07) is 1.86. The Morgan fingerprint density at radius 3 is 2.81 bits per heavy atom. The van der Waals surface area contributed by atoms with Crippen molar-refractivity contribution in [2.75, 3.05) is 6.61 Å². The van der Waals surface area contributed by atoms with E-state index in [4.69, 9.17) is 5.11 Å². The lowest BCUT2D eigenvalue weighted by molar-refractivity contribution is -0.142. The summed E-state index contributed by atoms with van der Waals surface area (Å²) in [5.41, 5.74) is 0.382. The highest BCUT2D eigenvalue weighted by Gasteiger charge is 2.52. The van der Waals surface area contributed by atoms with Crippen LogP contribution < -0.4 is 0 Å². The number of aliphatic hydroxyl groups excluding tert-OH is 1. The number of hydrogen-bond acceptors (Lipinski definition) is 4. The average molecular weight is 303 g/mol. The van der Waals surface area contributed by atoms with Crippen LogP contribution in [0.25, 0.3) is 0 Å². The second-order valence-corrected chi connectivity index (χ2v) is 6.67. The molecule has 4 nitrogen and oxygen atoms in total. The van der Waals surface area contributed by atoms with E-state index in [2.05, 4.69) is 11.8 Å². The van der Waals surface area contributed by atoms with Crippen LogP contribution in [0.1, 0.15) is 42.5 Å². The van der Waals surface area contributed by atoms with Gasteiger partial charge < -0.3 is 5.11 Å². The van der Waals surface area contributed by atoms with Crippen LogP contribution in [0.5, 0.6) is 0 Å². The molecule has 1 saturated carbocycles. The number of rotatable bonds is 2. The minimum atomic E-state index is -0.411. The molecule has 1 aliphatic heterocycles. The Kier molecular flexibility index (Phi) is 3.83. The highest BCUT2D eigenvalue weighted by Crippen LogP contribution is 2.47. The van der Waals surface area contributed by atoms with Crippen molar-refractivity contribution in [1.82, 2.24) is 4.90 Å². The highest BCUT2D eigenvalue weighted by atomic mass is 32.1. The smallest absolute Gasteiger partial charge is 0.236 e. The summed E-state index contributed by atoms with van der Waals surface area (Å²) >= 11 is 1.49. The molecule has 5 heteroatoms. The molecule has 0 bridgehead atoms. The minimum Gasteiger partial charge on any atom is -0.384 e. The van der Waals surface area contributed by atoms with Crippen molar-refractivity contribution in [3.63, 3.8) is 0 Å². The molecule has 21 heavy (non-hydrogen) atoms. The standard InChI is InChI=1S/C16H17NO3S/c18-8-3-4-12-5-9-21-13(12)11-17-14(19)10-16(15(17)20)6-1-2-7-16/h5,9,18H,1-2,6-8,10-11H2. The van der Waals surface area contributed by atoms with E-state index >= 15 is 0 Å². The first-order valence-electron chi connectivity index (χ1n) is 7.17. The van der Waals surface area contributed by atoms with E-state index in [1.54, 1.807) is 0 Å². The Hall–Kier alpha value is -1.64. The zero-order chi connectivity index (χ0) is 14.9. The summed E-state index contributed by atoms with van der Waals surface area (Å²) in [5.74, 6) is 5.42. The van der Waals surface area contributed by atoms with Gasteiger partial charge in [-0.25, -0.2) is 0 Å². The van der Waals surface area contributed by atoms with Crippen molar-refractivity contribution in [3.05, 3.63) is 21.9 Å². The van der Waals surface area contributed by atoms with Gasteiger partial charge in [-0.3, -0.25) is 14.5 Å². The Morgan fingerprint density at radius 1 is 1.33 bits per heavy atom. The lowest BCUT2D eigenvalue weighted by Gasteiger charge is -2.20. The number of amides is 2. The molecule has 110 valence electrons. The summed E-state index contributed by atoms with van der Waals surface area (Å²) in [4.78, 5) is 27.2. The molecule has 1 N–H and O–H groups in total. The zero-order valence-corrected chi connectivity index (χ0v) is 12.5. The predicted octanol–water partition coefficient (Wildman–Crippen LogP) is 1.91. The SMILES string of the molecule is O=C1CC2(CCCC2)C(=O)N1Cc1sccc1C#CCO. The molecule has 1 aromatic rings. The zero-order valence-electron chi connectivity index (χ0n) is 11.7. The maximum Gasteiger partial charge on any atom is 0.236 e. The Morgan fingerprint density at radius 2 is 2.10 bits per heavy atom. The number of hydrogen-bond donors (Lipinski definition) is 1. The Bertz CT molecular complexity index is 631. The average Bonchev–Trinajstić information content (AvgIpc) is 3.15. The van der Waals surface area contributed by atoms with Gasteiger partial charge in [-0.2, -0.15) is 0 Å². The van der Waals surface area contributed by atoms with Gasteiger partial charge in [0.25, 0.3) is 0 Å². The first-order chi connectivity index (χ1) is 10.2. The molecule has 0 atom stereocenters. The van der Waals surface area contributed by atoms with Crippen molar-refractivity contribution in [2.45, 2.75) is 38.6 Å². The molecule has 2 heterocycles. The van der Waals surface area contributed by atoms with E-state index < -0.39 is 5.41 Å². The first-order valence-corrected chi connectivity index (χ1v) is 8.05. The second kappa shape index (κ2) is 5.63. The molecule has 0 unspecified atom stereocenters. The van der Waals surface area contributed by atoms with Gasteiger partial charge in [0.1, 0.15) is 6.61 Å². The van der Waals surface area contributed by atoms with E-state index in [-0.39, 0.29) is 18.4 Å². The van der Waals surface area contributed by atoms with Crippen LogP contribution in [-0.4, -0.2) is 28.4 Å². The number of carbonyl (C=O) groups excluding carboxylic acids is 2. The van der Waals surface area contributed by atoms with Crippen LogP contribution in [0.15, 0.2) is 11.4 Å². The molecule has 1 aliphatic carbocycles. The fourth-order valence-corrected chi connectivity index (χ4v) is 4.13. The van der Waals surface area contributed by atoms with Crippen LogP contribution in [-0.2, 0) is 16.1 Å². The van der Waals surface area contributed by atoms with E-state index in [1.165, 1.54) is 16.2 Å². The monoisotopic (exact) mass is 303 g/mol. The van der Waals surface area contributed by atoms with Crippen molar-refractivity contribution < 1.29 is 14.7 Å². The summed E-state index contributed by atoms with van der Waals surface area (Å²) < 4.78 is 0. The molecular weight excluding hydrogens is 286 g/mol. The number of nitrogens with zero attached hydrogens (tertiary/aromatic N) is 1. The fourth-order valence-electron chi connectivity index (χ4n) is 3.32. The summed E-state index contributed by atoms with van der Waals surface area (Å²) in [5, 5.41) is 10.7. The molecule has 0 aromatic carbocycles. The van der Waals surface area contributed by atoms with Gasteiger partial charge in [0.2, 0.25) is 11.8 Å². The Balaban J connectivity index is 1.81. The van der Waals surface area contributed by atoms with Gasteiger partial charge in [-0.15, -0.1) is 11.3 Å². The molecule has 0 radical (unpaired) electrons. The van der Waals surface area contributed by atoms with Gasteiger partial charge in [0.15, 0.2) is 0 Å². The van der Waals surface area contributed by atoms with Crippen molar-refractivity contribution in [1.29, 1.82) is 0 Å². The van der Waals surface area contributed by atoms with Gasteiger partial charge >= 0.3 is 0 Å². The molecule has 2 aliphatic rings. The molecular formula is C16H17NO3S.